The Bertz CT molecular complexity index is 953. The van der Waals surface area contributed by atoms with Crippen LogP contribution in [0.15, 0.2) is 47.4 Å². The van der Waals surface area contributed by atoms with Crippen LogP contribution < -0.4 is 10.5 Å². The van der Waals surface area contributed by atoms with Crippen LogP contribution in [0.3, 0.4) is 0 Å². The lowest BCUT2D eigenvalue weighted by molar-refractivity contribution is -0.124. The van der Waals surface area contributed by atoms with Crippen molar-refractivity contribution in [3.05, 3.63) is 64.7 Å². The second-order valence-electron chi connectivity index (χ2n) is 6.28. The maximum atomic E-state index is 12.0. The molecule has 0 unspecified atom stereocenters. The highest BCUT2D eigenvalue weighted by molar-refractivity contribution is 7.89. The Morgan fingerprint density at radius 1 is 1.07 bits per heavy atom. The molecule has 0 saturated heterocycles. The predicted octanol–water partition coefficient (Wildman–Crippen LogP) is 1.99. The second kappa shape index (κ2) is 8.32. The lowest BCUT2D eigenvalue weighted by Crippen LogP contribution is -2.31. The van der Waals surface area contributed by atoms with Gasteiger partial charge in [-0.1, -0.05) is 18.2 Å². The Morgan fingerprint density at radius 3 is 2.26 bits per heavy atom. The highest BCUT2D eigenvalue weighted by atomic mass is 32.2. The molecule has 0 spiro atoms. The van der Waals surface area contributed by atoms with Crippen LogP contribution in [0.4, 0.5) is 0 Å². The molecular weight excluding hydrogens is 368 g/mol. The van der Waals surface area contributed by atoms with Crippen LogP contribution in [0.5, 0.6) is 0 Å². The van der Waals surface area contributed by atoms with Gasteiger partial charge in [0, 0.05) is 0 Å². The van der Waals surface area contributed by atoms with Gasteiger partial charge >= 0.3 is 5.97 Å². The molecule has 3 N–H and O–H groups in total. The first-order valence-electron chi connectivity index (χ1n) is 8.24. The van der Waals surface area contributed by atoms with Crippen LogP contribution >= 0.6 is 0 Å². The molecule has 2 aromatic carbocycles. The molecule has 0 bridgehead atoms. The Hall–Kier alpha value is -2.71. The first-order chi connectivity index (χ1) is 12.6. The zero-order valence-corrected chi connectivity index (χ0v) is 16.2. The van der Waals surface area contributed by atoms with Gasteiger partial charge in [-0.15, -0.1) is 0 Å². The lowest BCUT2D eigenvalue weighted by atomic mass is 10.1. The molecule has 0 aliphatic heterocycles. The molecule has 144 valence electrons. The van der Waals surface area contributed by atoms with E-state index in [4.69, 9.17) is 9.88 Å². The highest BCUT2D eigenvalue weighted by Crippen LogP contribution is 2.15. The molecule has 0 saturated carbocycles. The number of sulfonamides is 1. The molecule has 0 aliphatic carbocycles. The van der Waals surface area contributed by atoms with E-state index in [-0.39, 0.29) is 4.90 Å². The third-order valence-electron chi connectivity index (χ3n) is 4.16. The molecule has 7 nitrogen and oxygen atoms in total. The molecule has 0 fully saturated rings. The van der Waals surface area contributed by atoms with Gasteiger partial charge in [0.2, 0.25) is 10.0 Å². The fraction of sp³-hybridized carbons (Fsp3) is 0.263. The Balaban J connectivity index is 1.91. The molecule has 8 heteroatoms. The summed E-state index contributed by atoms with van der Waals surface area (Å²) in [6, 6.07) is 10.6. The van der Waals surface area contributed by atoms with Crippen molar-refractivity contribution in [3.63, 3.8) is 0 Å². The normalized spacial score (nSPS) is 12.3. The predicted molar refractivity (Wildman–Crippen MR) is 101 cm³/mol. The number of carbonyl (C=O) groups is 2. The van der Waals surface area contributed by atoms with E-state index >= 15 is 0 Å². The van der Waals surface area contributed by atoms with Crippen molar-refractivity contribution in [2.75, 3.05) is 6.61 Å². The largest absolute Gasteiger partial charge is 0.452 e. The van der Waals surface area contributed by atoms with Gasteiger partial charge in [-0.05, 0) is 61.7 Å². The SMILES string of the molecule is Cc1ccc(C(=O)OCC(=O)N[C@H](C)c2ccc(S(N)(=O)=O)cc2)cc1C. The fourth-order valence-electron chi connectivity index (χ4n) is 2.40. The second-order valence-corrected chi connectivity index (χ2v) is 7.84. The van der Waals surface area contributed by atoms with Crippen molar-refractivity contribution in [2.24, 2.45) is 5.14 Å². The number of carbonyl (C=O) groups excluding carboxylic acids is 2. The third-order valence-corrected chi connectivity index (χ3v) is 5.09. The number of aryl methyl sites for hydroxylation is 2. The lowest BCUT2D eigenvalue weighted by Gasteiger charge is -2.15. The van der Waals surface area contributed by atoms with E-state index in [1.165, 1.54) is 12.1 Å². The Morgan fingerprint density at radius 2 is 1.70 bits per heavy atom. The number of hydrogen-bond acceptors (Lipinski definition) is 5. The van der Waals surface area contributed by atoms with E-state index in [0.29, 0.717) is 11.1 Å². The molecule has 0 heterocycles. The van der Waals surface area contributed by atoms with Crippen LogP contribution in [0.2, 0.25) is 0 Å². The first kappa shape index (κ1) is 20.6. The summed E-state index contributed by atoms with van der Waals surface area (Å²) in [7, 11) is -3.76. The molecule has 1 atom stereocenters. The number of amides is 1. The minimum absolute atomic E-state index is 0.00732. The van der Waals surface area contributed by atoms with Crippen LogP contribution in [-0.4, -0.2) is 26.9 Å². The zero-order chi connectivity index (χ0) is 20.2. The molecular formula is C19H22N2O5S. The van der Waals surface area contributed by atoms with E-state index in [9.17, 15) is 18.0 Å². The van der Waals surface area contributed by atoms with Crippen molar-refractivity contribution in [3.8, 4) is 0 Å². The summed E-state index contributed by atoms with van der Waals surface area (Å²) in [5.41, 5.74) is 3.10. The van der Waals surface area contributed by atoms with Crippen LogP contribution in [0.25, 0.3) is 0 Å². The monoisotopic (exact) mass is 390 g/mol. The quantitative estimate of drug-likeness (QED) is 0.732. The van der Waals surface area contributed by atoms with Crippen LogP contribution in [0.1, 0.15) is 40.0 Å². The van der Waals surface area contributed by atoms with Gasteiger partial charge in [0.25, 0.3) is 5.91 Å². The van der Waals surface area contributed by atoms with Crippen molar-refractivity contribution in [2.45, 2.75) is 31.7 Å². The number of nitrogens with two attached hydrogens (primary N) is 1. The average molecular weight is 390 g/mol. The van der Waals surface area contributed by atoms with Gasteiger partial charge < -0.3 is 10.1 Å². The number of nitrogens with one attached hydrogen (secondary N) is 1. The van der Waals surface area contributed by atoms with E-state index in [2.05, 4.69) is 5.32 Å². The maximum absolute atomic E-state index is 12.0. The standard InChI is InChI=1S/C19H22N2O5S/c1-12-4-5-16(10-13(12)2)19(23)26-11-18(22)21-14(3)15-6-8-17(9-7-15)27(20,24)25/h4-10,14H,11H2,1-3H3,(H,21,22)(H2,20,24,25)/t14-/m1/s1. The van der Waals surface area contributed by atoms with Gasteiger partial charge in [0.05, 0.1) is 16.5 Å². The number of hydrogen-bond donors (Lipinski definition) is 2. The number of primary sulfonamides is 1. The summed E-state index contributed by atoms with van der Waals surface area (Å²) in [5.74, 6) is -1.03. The molecule has 27 heavy (non-hydrogen) atoms. The fourth-order valence-corrected chi connectivity index (χ4v) is 2.91. The number of ether oxygens (including phenoxy) is 1. The summed E-state index contributed by atoms with van der Waals surface area (Å²) < 4.78 is 27.6. The minimum atomic E-state index is -3.76. The zero-order valence-electron chi connectivity index (χ0n) is 15.4. The number of esters is 1. The van der Waals surface area contributed by atoms with Gasteiger partial charge in [-0.2, -0.15) is 0 Å². The number of rotatable bonds is 6. The number of benzene rings is 2. The maximum Gasteiger partial charge on any atom is 0.338 e. The summed E-state index contributed by atoms with van der Waals surface area (Å²) in [6.45, 7) is 5.15. The smallest absolute Gasteiger partial charge is 0.338 e. The van der Waals surface area contributed by atoms with Gasteiger partial charge in [0.15, 0.2) is 6.61 Å². The van der Waals surface area contributed by atoms with E-state index in [1.54, 1.807) is 31.2 Å². The molecule has 0 aromatic heterocycles. The van der Waals surface area contributed by atoms with E-state index < -0.39 is 34.5 Å². The molecule has 2 aromatic rings. The summed E-state index contributed by atoms with van der Waals surface area (Å²) in [5, 5.41) is 7.74. The van der Waals surface area contributed by atoms with Crippen molar-refractivity contribution < 1.29 is 22.7 Å². The van der Waals surface area contributed by atoms with Gasteiger partial charge in [-0.3, -0.25) is 4.79 Å². The van der Waals surface area contributed by atoms with E-state index in [0.717, 1.165) is 11.1 Å². The van der Waals surface area contributed by atoms with Gasteiger partial charge in [-0.25, -0.2) is 18.4 Å². The first-order valence-corrected chi connectivity index (χ1v) is 9.79. The van der Waals surface area contributed by atoms with E-state index in [1.807, 2.05) is 19.9 Å². The average Bonchev–Trinajstić information content (AvgIpc) is 2.61. The van der Waals surface area contributed by atoms with Gasteiger partial charge in [0.1, 0.15) is 0 Å². The van der Waals surface area contributed by atoms with Crippen LogP contribution in [-0.2, 0) is 19.6 Å². The molecule has 2 rings (SSSR count). The molecule has 0 radical (unpaired) electrons. The summed E-state index contributed by atoms with van der Waals surface area (Å²) in [4.78, 5) is 24.0. The van der Waals surface area contributed by atoms with Crippen molar-refractivity contribution in [1.29, 1.82) is 0 Å². The topological polar surface area (TPSA) is 116 Å². The Kier molecular flexibility index (Phi) is 6.35. The summed E-state index contributed by atoms with van der Waals surface area (Å²) >= 11 is 0. The van der Waals surface area contributed by atoms with Crippen molar-refractivity contribution in [1.82, 2.24) is 5.32 Å². The summed E-state index contributed by atoms with van der Waals surface area (Å²) in [6.07, 6.45) is 0. The molecule has 0 aliphatic rings. The third kappa shape index (κ3) is 5.63. The highest BCUT2D eigenvalue weighted by Gasteiger charge is 2.14. The minimum Gasteiger partial charge on any atom is -0.452 e. The molecule has 1 amide bonds. The van der Waals surface area contributed by atoms with Crippen molar-refractivity contribution >= 4 is 21.9 Å². The Labute approximate surface area is 158 Å². The van der Waals surface area contributed by atoms with Crippen LogP contribution in [0, 0.1) is 13.8 Å².